The van der Waals surface area contributed by atoms with Crippen molar-refractivity contribution in [2.45, 2.75) is 89.1 Å². The van der Waals surface area contributed by atoms with Crippen LogP contribution in [0.25, 0.3) is 0 Å². The first-order chi connectivity index (χ1) is 18.6. The van der Waals surface area contributed by atoms with E-state index in [0.29, 0.717) is 24.2 Å². The number of nitrogens with two attached hydrogens (primary N) is 1. The number of aryl methyl sites for hydroxylation is 2. The molecule has 0 amide bonds. The van der Waals surface area contributed by atoms with E-state index in [1.54, 1.807) is 6.92 Å². The van der Waals surface area contributed by atoms with Crippen molar-refractivity contribution in [2.75, 3.05) is 18.5 Å². The van der Waals surface area contributed by atoms with Gasteiger partial charge in [0.25, 0.3) is 0 Å². The number of ether oxygens (including phenoxy) is 2. The predicted molar refractivity (Wildman–Crippen MR) is 148 cm³/mol. The summed E-state index contributed by atoms with van der Waals surface area (Å²) in [4.78, 5) is 39.2. The second-order valence-electron chi connectivity index (χ2n) is 9.99. The molecular formula is C26H33Cl3N6O4. The Morgan fingerprint density at radius 3 is 1.90 bits per heavy atom. The second-order valence-corrected chi connectivity index (χ2v) is 11.0. The van der Waals surface area contributed by atoms with Crippen molar-refractivity contribution in [3.05, 3.63) is 38.2 Å². The fourth-order valence-corrected chi connectivity index (χ4v) is 5.18. The molecule has 2 saturated carbocycles. The van der Waals surface area contributed by atoms with Crippen molar-refractivity contribution < 1.29 is 19.1 Å². The summed E-state index contributed by atoms with van der Waals surface area (Å²) in [6.45, 7) is 4.42. The summed E-state index contributed by atoms with van der Waals surface area (Å²) in [5.74, 6) is 0.263. The summed E-state index contributed by atoms with van der Waals surface area (Å²) >= 11 is 17.4. The molecule has 0 spiro atoms. The maximum absolute atomic E-state index is 12.0. The van der Waals surface area contributed by atoms with E-state index < -0.39 is 11.1 Å². The highest BCUT2D eigenvalue weighted by atomic mass is 35.5. The molecule has 0 saturated heterocycles. The van der Waals surface area contributed by atoms with Crippen LogP contribution in [0.15, 0.2) is 0 Å². The molecule has 2 aromatic rings. The summed E-state index contributed by atoms with van der Waals surface area (Å²) in [5, 5.41) is 4.27. The van der Waals surface area contributed by atoms with Gasteiger partial charge < -0.3 is 20.5 Å². The average Bonchev–Trinajstić information content (AvgIpc) is 3.71. The van der Waals surface area contributed by atoms with Gasteiger partial charge in [-0.2, -0.15) is 0 Å². The monoisotopic (exact) mass is 598 g/mol. The lowest BCUT2D eigenvalue weighted by Gasteiger charge is -2.18. The Bertz CT molecular complexity index is 1240. The lowest BCUT2D eigenvalue weighted by molar-refractivity contribution is -0.146. The Morgan fingerprint density at radius 1 is 0.795 bits per heavy atom. The van der Waals surface area contributed by atoms with Gasteiger partial charge >= 0.3 is 11.9 Å². The number of nitrogens with one attached hydrogen (secondary N) is 1. The molecule has 2 heterocycles. The van der Waals surface area contributed by atoms with Crippen molar-refractivity contribution in [2.24, 2.45) is 5.73 Å². The van der Waals surface area contributed by atoms with E-state index in [1.165, 1.54) is 0 Å². The zero-order chi connectivity index (χ0) is 28.2. The number of fused-ring (bicyclic) bond motifs is 2. The zero-order valence-corrected chi connectivity index (χ0v) is 24.4. The standard InChI is InChI=1S/C13H16ClN3O2.C7H6Cl2N2.C6H11NO2/c1-2-19-11(18)13(6-7-13)17-10-8-4-3-5-9(8)15-12(14)16-10;8-6-4-2-1-3-5(4)10-7(9)11-6;1-2-9-5(8)6(7)3-4-6/h2-7H2,1H3,(H,15,16,17);1-3H2;2-4,7H2,1H3. The molecule has 4 aliphatic rings. The van der Waals surface area contributed by atoms with Crippen molar-refractivity contribution in [3.8, 4) is 0 Å². The number of halogens is 3. The van der Waals surface area contributed by atoms with Crippen LogP contribution in [0.4, 0.5) is 5.82 Å². The molecule has 3 N–H and O–H groups in total. The third-order valence-corrected chi connectivity index (χ3v) is 7.66. The van der Waals surface area contributed by atoms with Gasteiger partial charge in [0.05, 0.1) is 24.6 Å². The van der Waals surface area contributed by atoms with Crippen molar-refractivity contribution in [1.29, 1.82) is 0 Å². The molecule has 2 fully saturated rings. The van der Waals surface area contributed by atoms with Crippen LogP contribution in [0.3, 0.4) is 0 Å². The van der Waals surface area contributed by atoms with Gasteiger partial charge in [0.1, 0.15) is 22.0 Å². The summed E-state index contributed by atoms with van der Waals surface area (Å²) in [6, 6.07) is 0. The molecule has 0 aliphatic heterocycles. The Kier molecular flexibility index (Phi) is 9.52. The fourth-order valence-electron chi connectivity index (χ4n) is 4.48. The van der Waals surface area contributed by atoms with Gasteiger partial charge in [-0.05, 0) is 101 Å². The van der Waals surface area contributed by atoms with E-state index in [1.807, 2.05) is 6.92 Å². The predicted octanol–water partition coefficient (Wildman–Crippen LogP) is 4.44. The molecule has 39 heavy (non-hydrogen) atoms. The van der Waals surface area contributed by atoms with E-state index in [4.69, 9.17) is 50.0 Å². The minimum absolute atomic E-state index is 0.198. The maximum Gasteiger partial charge on any atom is 0.331 e. The van der Waals surface area contributed by atoms with Crippen LogP contribution in [0, 0.1) is 0 Å². The Labute approximate surface area is 242 Å². The number of nitrogens with zero attached hydrogens (tertiary/aromatic N) is 4. The van der Waals surface area contributed by atoms with Crippen LogP contribution in [0.2, 0.25) is 15.7 Å². The molecule has 0 radical (unpaired) electrons. The summed E-state index contributed by atoms with van der Waals surface area (Å²) in [6.07, 6.45) is 9.15. The molecule has 2 aromatic heterocycles. The molecule has 212 valence electrons. The van der Waals surface area contributed by atoms with Gasteiger partial charge in [-0.1, -0.05) is 11.6 Å². The van der Waals surface area contributed by atoms with Crippen molar-refractivity contribution in [3.63, 3.8) is 0 Å². The third-order valence-electron chi connectivity index (χ3n) is 7.01. The smallest absolute Gasteiger partial charge is 0.331 e. The van der Waals surface area contributed by atoms with Gasteiger partial charge in [0.2, 0.25) is 10.6 Å². The number of anilines is 1. The van der Waals surface area contributed by atoms with Crippen LogP contribution in [0.5, 0.6) is 0 Å². The quantitative estimate of drug-likeness (QED) is 0.278. The lowest BCUT2D eigenvalue weighted by Crippen LogP contribution is -2.34. The minimum Gasteiger partial charge on any atom is -0.465 e. The molecule has 0 unspecified atom stereocenters. The van der Waals surface area contributed by atoms with Crippen LogP contribution >= 0.6 is 34.8 Å². The van der Waals surface area contributed by atoms with E-state index >= 15 is 0 Å². The van der Waals surface area contributed by atoms with Crippen LogP contribution < -0.4 is 11.1 Å². The molecule has 0 atom stereocenters. The second kappa shape index (κ2) is 12.5. The van der Waals surface area contributed by atoms with Gasteiger partial charge in [0.15, 0.2) is 0 Å². The van der Waals surface area contributed by atoms with Gasteiger partial charge in [-0.25, -0.2) is 24.7 Å². The Balaban J connectivity index is 0.000000149. The number of hydrogen-bond donors (Lipinski definition) is 2. The molecule has 13 heteroatoms. The van der Waals surface area contributed by atoms with Crippen molar-refractivity contribution >= 4 is 52.6 Å². The number of esters is 2. The molecule has 0 bridgehead atoms. The molecular weight excluding hydrogens is 567 g/mol. The lowest BCUT2D eigenvalue weighted by atomic mass is 10.2. The van der Waals surface area contributed by atoms with Crippen LogP contribution in [-0.2, 0) is 44.7 Å². The number of carbonyl (C=O) groups excluding carboxylic acids is 2. The first-order valence-corrected chi connectivity index (χ1v) is 14.4. The fraction of sp³-hybridized carbons (Fsp3) is 0.615. The number of hydrogen-bond acceptors (Lipinski definition) is 10. The van der Waals surface area contributed by atoms with E-state index in [-0.39, 0.29) is 22.5 Å². The zero-order valence-electron chi connectivity index (χ0n) is 22.1. The molecule has 10 nitrogen and oxygen atoms in total. The molecule has 4 aliphatic carbocycles. The average molecular weight is 600 g/mol. The normalized spacial score (nSPS) is 18.3. The first kappa shape index (κ1) is 29.7. The van der Waals surface area contributed by atoms with Crippen LogP contribution in [-0.4, -0.2) is 56.2 Å². The van der Waals surface area contributed by atoms with E-state index in [0.717, 1.165) is 86.7 Å². The highest BCUT2D eigenvalue weighted by molar-refractivity contribution is 6.32. The van der Waals surface area contributed by atoms with Crippen LogP contribution in [0.1, 0.15) is 74.9 Å². The topological polar surface area (TPSA) is 142 Å². The SMILES string of the molecule is CCOC(=O)C1(N)CC1.CCOC(=O)C1(Nc2nc(Cl)nc3c2CCC3)CC1.Clc1nc(Cl)c2c(n1)CCC2. The largest absolute Gasteiger partial charge is 0.465 e. The molecule has 0 aromatic carbocycles. The van der Waals surface area contributed by atoms with E-state index in [2.05, 4.69) is 25.3 Å². The number of carbonyl (C=O) groups is 2. The molecule has 6 rings (SSSR count). The van der Waals surface area contributed by atoms with Gasteiger partial charge in [-0.3, -0.25) is 4.79 Å². The van der Waals surface area contributed by atoms with Crippen molar-refractivity contribution in [1.82, 2.24) is 19.9 Å². The number of rotatable bonds is 6. The summed E-state index contributed by atoms with van der Waals surface area (Å²) in [5.41, 5.74) is 8.51. The first-order valence-electron chi connectivity index (χ1n) is 13.3. The highest BCUT2D eigenvalue weighted by Crippen LogP contribution is 2.41. The third kappa shape index (κ3) is 7.28. The Morgan fingerprint density at radius 2 is 1.33 bits per heavy atom. The minimum atomic E-state index is -0.601. The summed E-state index contributed by atoms with van der Waals surface area (Å²) < 4.78 is 9.82. The Hall–Kier alpha value is -2.27. The van der Waals surface area contributed by atoms with E-state index in [9.17, 15) is 9.59 Å². The van der Waals surface area contributed by atoms with Gasteiger partial charge in [0, 0.05) is 11.1 Å². The van der Waals surface area contributed by atoms with Gasteiger partial charge in [-0.15, -0.1) is 0 Å². The maximum atomic E-state index is 12.0. The number of aromatic nitrogens is 4. The highest BCUT2D eigenvalue weighted by Gasteiger charge is 2.52. The summed E-state index contributed by atoms with van der Waals surface area (Å²) in [7, 11) is 0.